The molecule has 0 aliphatic carbocycles. The molecule has 0 rings (SSSR count). The Morgan fingerprint density at radius 3 is 2.45 bits per heavy atom. The number of hydrogen-bond donors (Lipinski definition) is 1. The number of methoxy groups -OCH3 is 1. The van der Waals surface area contributed by atoms with Crippen LogP contribution >= 0.6 is 0 Å². The van der Waals surface area contributed by atoms with Crippen LogP contribution in [-0.4, -0.2) is 12.2 Å². The normalized spacial score (nSPS) is 14.4. The molecule has 0 aliphatic heterocycles. The van der Waals surface area contributed by atoms with E-state index in [1.165, 1.54) is 14.0 Å². The fraction of sp³-hybridized carbons (Fsp3) is 0.500. The molecule has 11 heavy (non-hydrogen) atoms. The van der Waals surface area contributed by atoms with Crippen LogP contribution in [0.5, 0.6) is 0 Å². The van der Waals surface area contributed by atoms with E-state index in [0.717, 1.165) is 0 Å². The molecule has 2 nitrogen and oxygen atoms in total. The van der Waals surface area contributed by atoms with Gasteiger partial charge >= 0.3 is 0 Å². The molecular weight excluding hydrogens is 147 g/mol. The molecule has 0 heterocycles. The summed E-state index contributed by atoms with van der Waals surface area (Å²) in [5.74, 6) is -0.867. The number of rotatable bonds is 3. The van der Waals surface area contributed by atoms with Crippen LogP contribution in [0, 0.1) is 0 Å². The minimum atomic E-state index is -0.633. The van der Waals surface area contributed by atoms with Gasteiger partial charge in [-0.3, -0.25) is 0 Å². The van der Waals surface area contributed by atoms with Crippen molar-refractivity contribution in [3.05, 3.63) is 23.4 Å². The summed E-state index contributed by atoms with van der Waals surface area (Å²) in [6.45, 7) is 3.05. The smallest absolute Gasteiger partial charge is 0.189 e. The Labute approximate surface area is 66.0 Å². The molecule has 0 aliphatic rings. The number of halogens is 1. The molecule has 1 N–H and O–H groups in total. The van der Waals surface area contributed by atoms with Crippen molar-refractivity contribution in [1.29, 1.82) is 0 Å². The summed E-state index contributed by atoms with van der Waals surface area (Å²) in [7, 11) is 1.39. The van der Waals surface area contributed by atoms with Gasteiger partial charge in [0.05, 0.1) is 7.11 Å². The van der Waals surface area contributed by atoms with Crippen molar-refractivity contribution in [2.24, 2.45) is 0 Å². The lowest BCUT2D eigenvalue weighted by atomic mass is 10.3. The van der Waals surface area contributed by atoms with Gasteiger partial charge < -0.3 is 9.84 Å². The van der Waals surface area contributed by atoms with E-state index in [-0.39, 0.29) is 5.76 Å². The third-order valence-electron chi connectivity index (χ3n) is 1.17. The number of ether oxygens (including phenoxy) is 1. The van der Waals surface area contributed by atoms with Crippen molar-refractivity contribution in [2.75, 3.05) is 7.11 Å². The fourth-order valence-corrected chi connectivity index (χ4v) is 0.632. The highest BCUT2D eigenvalue weighted by atomic mass is 19.1. The third kappa shape index (κ3) is 3.07. The first-order chi connectivity index (χ1) is 5.13. The standard InChI is InChI=1S/C8H13FO2/c1-4-5-7(11-3)8(10)6(2)9/h5,10H,4H2,1-3H3/b7-5+,8-6-. The summed E-state index contributed by atoms with van der Waals surface area (Å²) in [5.41, 5.74) is 0. The third-order valence-corrected chi connectivity index (χ3v) is 1.17. The van der Waals surface area contributed by atoms with E-state index in [4.69, 9.17) is 9.84 Å². The molecule has 0 atom stereocenters. The summed E-state index contributed by atoms with van der Waals surface area (Å²) in [5, 5.41) is 9.03. The molecule has 0 saturated heterocycles. The van der Waals surface area contributed by atoms with Crippen molar-refractivity contribution in [3.63, 3.8) is 0 Å². The Morgan fingerprint density at radius 1 is 1.64 bits per heavy atom. The molecule has 0 aromatic rings. The van der Waals surface area contributed by atoms with E-state index < -0.39 is 11.6 Å². The van der Waals surface area contributed by atoms with Gasteiger partial charge in [0.2, 0.25) is 0 Å². The van der Waals surface area contributed by atoms with Crippen molar-refractivity contribution >= 4 is 0 Å². The van der Waals surface area contributed by atoms with Gasteiger partial charge in [-0.2, -0.15) is 0 Å². The van der Waals surface area contributed by atoms with Crippen LogP contribution in [0.4, 0.5) is 4.39 Å². The Balaban J connectivity index is 4.52. The number of allylic oxidation sites excluding steroid dienone is 2. The minimum Gasteiger partial charge on any atom is -0.502 e. The van der Waals surface area contributed by atoms with Gasteiger partial charge in [0.15, 0.2) is 11.5 Å². The lowest BCUT2D eigenvalue weighted by Gasteiger charge is -2.03. The summed E-state index contributed by atoms with van der Waals surface area (Å²) in [4.78, 5) is 0. The maximum Gasteiger partial charge on any atom is 0.189 e. The zero-order valence-electron chi connectivity index (χ0n) is 7.02. The average Bonchev–Trinajstić information content (AvgIpc) is 1.98. The molecule has 3 heteroatoms. The zero-order valence-corrected chi connectivity index (χ0v) is 7.02. The lowest BCUT2D eigenvalue weighted by molar-refractivity contribution is 0.247. The molecule has 0 fully saturated rings. The molecule has 64 valence electrons. The van der Waals surface area contributed by atoms with E-state index in [1.807, 2.05) is 6.92 Å². The van der Waals surface area contributed by atoms with Crippen molar-refractivity contribution < 1.29 is 14.2 Å². The van der Waals surface area contributed by atoms with Gasteiger partial charge in [-0.05, 0) is 19.4 Å². The summed E-state index contributed by atoms with van der Waals surface area (Å²) in [6, 6.07) is 0. The van der Waals surface area contributed by atoms with E-state index in [9.17, 15) is 4.39 Å². The first-order valence-corrected chi connectivity index (χ1v) is 3.43. The highest BCUT2D eigenvalue weighted by molar-refractivity contribution is 5.20. The maximum absolute atomic E-state index is 12.4. The lowest BCUT2D eigenvalue weighted by Crippen LogP contribution is -1.93. The minimum absolute atomic E-state index is 0.188. The van der Waals surface area contributed by atoms with Crippen LogP contribution in [-0.2, 0) is 4.74 Å². The molecule has 0 bridgehead atoms. The first kappa shape index (κ1) is 10.0. The van der Waals surface area contributed by atoms with E-state index >= 15 is 0 Å². The average molecular weight is 160 g/mol. The maximum atomic E-state index is 12.4. The van der Waals surface area contributed by atoms with Crippen LogP contribution in [0.1, 0.15) is 20.3 Å². The Bertz CT molecular complexity index is 179. The molecule has 0 aromatic carbocycles. The van der Waals surface area contributed by atoms with E-state index in [0.29, 0.717) is 6.42 Å². The quantitative estimate of drug-likeness (QED) is 0.508. The molecule has 0 radical (unpaired) electrons. The van der Waals surface area contributed by atoms with Gasteiger partial charge in [0.25, 0.3) is 0 Å². The first-order valence-electron chi connectivity index (χ1n) is 3.43. The van der Waals surface area contributed by atoms with Crippen LogP contribution < -0.4 is 0 Å². The van der Waals surface area contributed by atoms with Crippen molar-refractivity contribution in [2.45, 2.75) is 20.3 Å². The molecule has 0 amide bonds. The Morgan fingerprint density at radius 2 is 2.18 bits per heavy atom. The second-order valence-corrected chi connectivity index (χ2v) is 2.06. The van der Waals surface area contributed by atoms with Gasteiger partial charge in [-0.25, -0.2) is 4.39 Å². The molecule has 0 unspecified atom stereocenters. The zero-order chi connectivity index (χ0) is 8.85. The monoisotopic (exact) mass is 160 g/mol. The fourth-order valence-electron chi connectivity index (χ4n) is 0.632. The molecule has 0 spiro atoms. The van der Waals surface area contributed by atoms with E-state index in [1.54, 1.807) is 6.08 Å². The number of hydrogen-bond acceptors (Lipinski definition) is 2. The second-order valence-electron chi connectivity index (χ2n) is 2.06. The predicted molar refractivity (Wildman–Crippen MR) is 41.8 cm³/mol. The topological polar surface area (TPSA) is 29.5 Å². The second kappa shape index (κ2) is 4.77. The highest BCUT2D eigenvalue weighted by Crippen LogP contribution is 2.13. The van der Waals surface area contributed by atoms with Crippen LogP contribution in [0.15, 0.2) is 23.4 Å². The Kier molecular flexibility index (Phi) is 4.34. The molecular formula is C8H13FO2. The number of aliphatic hydroxyl groups is 1. The SMILES string of the molecule is CC/C=C(OC)\C(O)=C(/C)F. The van der Waals surface area contributed by atoms with Gasteiger partial charge in [-0.1, -0.05) is 6.92 Å². The van der Waals surface area contributed by atoms with Gasteiger partial charge in [0, 0.05) is 0 Å². The highest BCUT2D eigenvalue weighted by Gasteiger charge is 2.05. The predicted octanol–water partition coefficient (Wildman–Crippen LogP) is 2.69. The largest absolute Gasteiger partial charge is 0.502 e. The van der Waals surface area contributed by atoms with Gasteiger partial charge in [0.1, 0.15) is 5.83 Å². The van der Waals surface area contributed by atoms with Gasteiger partial charge in [-0.15, -0.1) is 0 Å². The number of aliphatic hydroxyl groups excluding tert-OH is 1. The van der Waals surface area contributed by atoms with Crippen LogP contribution in [0.25, 0.3) is 0 Å². The molecule has 0 aromatic heterocycles. The van der Waals surface area contributed by atoms with Crippen LogP contribution in [0.2, 0.25) is 0 Å². The van der Waals surface area contributed by atoms with Crippen molar-refractivity contribution in [1.82, 2.24) is 0 Å². The Hall–Kier alpha value is -0.990. The van der Waals surface area contributed by atoms with E-state index in [2.05, 4.69) is 0 Å². The van der Waals surface area contributed by atoms with Crippen LogP contribution in [0.3, 0.4) is 0 Å². The summed E-state index contributed by atoms with van der Waals surface area (Å²) in [6.07, 6.45) is 2.30. The molecule has 0 saturated carbocycles. The summed E-state index contributed by atoms with van der Waals surface area (Å²) >= 11 is 0. The van der Waals surface area contributed by atoms with Crippen molar-refractivity contribution in [3.8, 4) is 0 Å². The summed E-state index contributed by atoms with van der Waals surface area (Å²) < 4.78 is 17.1.